The van der Waals surface area contributed by atoms with E-state index in [0.717, 1.165) is 27.7 Å². The van der Waals surface area contributed by atoms with E-state index in [2.05, 4.69) is 11.6 Å². The summed E-state index contributed by atoms with van der Waals surface area (Å²) in [5, 5.41) is 0. The molecule has 0 amide bonds. The molecule has 0 spiro atoms. The molecule has 3 aliphatic rings. The van der Waals surface area contributed by atoms with Crippen molar-refractivity contribution in [2.45, 2.75) is 110 Å². The van der Waals surface area contributed by atoms with Gasteiger partial charge in [0.1, 0.15) is 12.2 Å². The number of aromatic nitrogens is 1. The van der Waals surface area contributed by atoms with Crippen molar-refractivity contribution in [3.63, 3.8) is 0 Å². The molecule has 0 radical (unpaired) electrons. The van der Waals surface area contributed by atoms with Crippen molar-refractivity contribution in [2.24, 2.45) is 23.2 Å². The molecule has 306 valence electrons. The van der Waals surface area contributed by atoms with Crippen LogP contribution in [0.15, 0.2) is 67.0 Å². The molecule has 2 saturated carbocycles. The Morgan fingerprint density at radius 2 is 1.39 bits per heavy atom. The van der Waals surface area contributed by atoms with E-state index in [9.17, 15) is 28.8 Å². The molecule has 1 aromatic carbocycles. The number of hydrogen-bond donors (Lipinski definition) is 0. The molecule has 11 atom stereocenters. The summed E-state index contributed by atoms with van der Waals surface area (Å²) in [6, 6.07) is 10.7. The van der Waals surface area contributed by atoms with Crippen molar-refractivity contribution in [3.05, 3.63) is 78.1 Å². The third-order valence-electron chi connectivity index (χ3n) is 10.6. The SMILES string of the molecule is C=C1[C@H](OC(C)=O)[C@@H](OC(=O)c2ccccc2)[C@@H](OOC(=O)c2cccnc2)C(C)(C)[C@H]2O[C@@H]2[C@@H](C)C(=O)[C@@]2(OC(C)=O)C[C@H](C)[C@H](OC(C)=O)[C@@H]2[C@H]1OC(C)=O. The molecule has 16 heteroatoms. The van der Waals surface area contributed by atoms with E-state index in [0.29, 0.717) is 0 Å². The average Bonchev–Trinajstić information content (AvgIpc) is 3.92. The summed E-state index contributed by atoms with van der Waals surface area (Å²) < 4.78 is 36.0. The number of ether oxygens (including phenoxy) is 6. The molecule has 57 heavy (non-hydrogen) atoms. The summed E-state index contributed by atoms with van der Waals surface area (Å²) in [5.74, 6) is -9.18. The minimum atomic E-state index is -2.11. The van der Waals surface area contributed by atoms with E-state index in [1.54, 1.807) is 45.9 Å². The maximum atomic E-state index is 15.0. The predicted molar refractivity (Wildman–Crippen MR) is 194 cm³/mol. The lowest BCUT2D eigenvalue weighted by Gasteiger charge is -2.44. The summed E-state index contributed by atoms with van der Waals surface area (Å²) in [5.41, 5.74) is -3.69. The number of pyridine rings is 1. The normalized spacial score (nSPS) is 31.8. The highest BCUT2D eigenvalue weighted by Crippen LogP contribution is 2.54. The molecule has 1 aliphatic heterocycles. The van der Waals surface area contributed by atoms with Crippen molar-refractivity contribution in [1.82, 2.24) is 4.98 Å². The molecule has 3 fully saturated rings. The van der Waals surface area contributed by atoms with Crippen LogP contribution in [0.5, 0.6) is 0 Å². The van der Waals surface area contributed by atoms with Gasteiger partial charge in [0.2, 0.25) is 0 Å². The molecule has 16 nitrogen and oxygen atoms in total. The number of fused-ring (bicyclic) bond motifs is 2. The lowest BCUT2D eigenvalue weighted by molar-refractivity contribution is -0.321. The van der Waals surface area contributed by atoms with E-state index in [4.69, 9.17) is 38.2 Å². The highest BCUT2D eigenvalue weighted by molar-refractivity contribution is 5.93. The summed E-state index contributed by atoms with van der Waals surface area (Å²) in [4.78, 5) is 109. The van der Waals surface area contributed by atoms with Gasteiger partial charge in [0.15, 0.2) is 29.7 Å². The topological polar surface area (TPSA) is 210 Å². The second-order valence-electron chi connectivity index (χ2n) is 15.3. The maximum absolute atomic E-state index is 15.0. The van der Waals surface area contributed by atoms with Gasteiger partial charge in [0.05, 0.1) is 29.3 Å². The summed E-state index contributed by atoms with van der Waals surface area (Å²) >= 11 is 0. The lowest BCUT2D eigenvalue weighted by Crippen LogP contribution is -2.60. The van der Waals surface area contributed by atoms with Crippen LogP contribution in [0.3, 0.4) is 0 Å². The standard InChI is InChI=1S/C41H47NO15/c1-20-18-41(55-26(7)46)29(30(20)50-23(4)43)31(51-24(5)44)21(2)32(52-25(6)45)34(54-38(48)27-14-11-10-12-15-27)37(56-57-39(49)28-16-13-17-42-19-28)40(8,9)36-33(53-36)22(3)35(41)47/h10-17,19-20,22,29-34,36-37H,2,18H2,1,3-9H3/t20-,22+,29+,30-,31-,32-,33+,34+,36-,37+,41+/m0/s1. The number of ketones is 1. The monoisotopic (exact) mass is 793 g/mol. The zero-order valence-corrected chi connectivity index (χ0v) is 33.0. The smallest absolute Gasteiger partial charge is 0.374 e. The van der Waals surface area contributed by atoms with Crippen molar-refractivity contribution in [1.29, 1.82) is 0 Å². The molecule has 1 saturated heterocycles. The summed E-state index contributed by atoms with van der Waals surface area (Å²) in [7, 11) is 0. The minimum absolute atomic E-state index is 0.00519. The third-order valence-corrected chi connectivity index (χ3v) is 10.6. The van der Waals surface area contributed by atoms with Crippen LogP contribution in [-0.4, -0.2) is 94.9 Å². The van der Waals surface area contributed by atoms with Gasteiger partial charge in [-0.3, -0.25) is 33.8 Å². The Kier molecular flexibility index (Phi) is 12.7. The molecule has 5 rings (SSSR count). The van der Waals surface area contributed by atoms with Gasteiger partial charge in [-0.1, -0.05) is 52.5 Å². The molecule has 1 aromatic heterocycles. The number of hydrogen-bond acceptors (Lipinski definition) is 16. The van der Waals surface area contributed by atoms with E-state index >= 15 is 4.79 Å². The van der Waals surface area contributed by atoms with E-state index < -0.39 is 113 Å². The number of nitrogens with zero attached hydrogens (tertiary/aromatic N) is 1. The second kappa shape index (κ2) is 16.9. The molecule has 2 heterocycles. The number of esters is 5. The minimum Gasteiger partial charge on any atom is -0.462 e. The van der Waals surface area contributed by atoms with Gasteiger partial charge < -0.3 is 28.4 Å². The van der Waals surface area contributed by atoms with Gasteiger partial charge in [0, 0.05) is 63.4 Å². The first-order valence-electron chi connectivity index (χ1n) is 18.4. The average molecular weight is 794 g/mol. The first-order chi connectivity index (χ1) is 26.8. The van der Waals surface area contributed by atoms with Crippen LogP contribution in [0, 0.1) is 23.2 Å². The summed E-state index contributed by atoms with van der Waals surface area (Å²) in [6.07, 6.45) is -7.40. The molecule has 2 aromatic rings. The third kappa shape index (κ3) is 8.91. The largest absolute Gasteiger partial charge is 0.462 e. The van der Waals surface area contributed by atoms with Crippen LogP contribution in [0.1, 0.15) is 82.5 Å². The van der Waals surface area contributed by atoms with Gasteiger partial charge in [-0.25, -0.2) is 9.59 Å². The maximum Gasteiger partial charge on any atom is 0.374 e. The molecule has 2 aliphatic carbocycles. The fourth-order valence-corrected chi connectivity index (χ4v) is 8.16. The first-order valence-corrected chi connectivity index (χ1v) is 18.4. The van der Waals surface area contributed by atoms with E-state index in [-0.39, 0.29) is 23.1 Å². The molecule has 0 unspecified atom stereocenters. The van der Waals surface area contributed by atoms with Gasteiger partial charge in [-0.15, -0.1) is 0 Å². The zero-order chi connectivity index (χ0) is 42.0. The number of rotatable bonds is 9. The van der Waals surface area contributed by atoms with Crippen LogP contribution >= 0.6 is 0 Å². The Bertz CT molecular complexity index is 1900. The Balaban J connectivity index is 1.78. The highest BCUT2D eigenvalue weighted by Gasteiger charge is 2.69. The Labute approximate surface area is 329 Å². The van der Waals surface area contributed by atoms with Crippen molar-refractivity contribution in [2.75, 3.05) is 0 Å². The number of carbonyl (C=O) groups is 7. The van der Waals surface area contributed by atoms with Crippen LogP contribution in [0.2, 0.25) is 0 Å². The fourth-order valence-electron chi connectivity index (χ4n) is 8.16. The number of benzene rings is 1. The van der Waals surface area contributed by atoms with Gasteiger partial charge >= 0.3 is 35.8 Å². The molecule has 0 N–H and O–H groups in total. The van der Waals surface area contributed by atoms with Crippen LogP contribution < -0.4 is 0 Å². The fraction of sp³-hybridized carbons (Fsp3) is 0.512. The van der Waals surface area contributed by atoms with E-state index in [1.165, 1.54) is 36.7 Å². The van der Waals surface area contributed by atoms with Crippen molar-refractivity contribution in [3.8, 4) is 0 Å². The van der Waals surface area contributed by atoms with Gasteiger partial charge in [-0.05, 0) is 30.2 Å². The van der Waals surface area contributed by atoms with E-state index in [1.807, 2.05) is 0 Å². The zero-order valence-electron chi connectivity index (χ0n) is 33.0. The van der Waals surface area contributed by atoms with Crippen LogP contribution in [0.4, 0.5) is 0 Å². The predicted octanol–water partition coefficient (Wildman–Crippen LogP) is 4.09. The quantitative estimate of drug-likeness (QED) is 0.0874. The number of epoxide rings is 1. The lowest BCUT2D eigenvalue weighted by atomic mass is 9.70. The first kappa shape index (κ1) is 42.7. The Morgan fingerprint density at radius 1 is 0.772 bits per heavy atom. The Hall–Kier alpha value is -5.48. The Morgan fingerprint density at radius 3 is 1.96 bits per heavy atom. The summed E-state index contributed by atoms with van der Waals surface area (Å²) in [6.45, 7) is 15.1. The van der Waals surface area contributed by atoms with Crippen molar-refractivity contribution >= 4 is 41.6 Å². The highest BCUT2D eigenvalue weighted by atomic mass is 17.2. The van der Waals surface area contributed by atoms with Crippen LogP contribution in [0.25, 0.3) is 0 Å². The molecule has 0 bridgehead atoms. The number of carbonyl (C=O) groups excluding carboxylic acids is 7. The van der Waals surface area contributed by atoms with Gasteiger partial charge in [0.25, 0.3) is 0 Å². The number of Topliss-reactive ketones (excluding diaryl/α,β-unsaturated/α-hetero) is 1. The van der Waals surface area contributed by atoms with Gasteiger partial charge in [-0.2, -0.15) is 4.89 Å². The van der Waals surface area contributed by atoms with Crippen molar-refractivity contribution < 1.29 is 71.8 Å². The van der Waals surface area contributed by atoms with Crippen LogP contribution in [-0.2, 0) is 62.2 Å². The molecular formula is C41H47NO15. The molecular weight excluding hydrogens is 746 g/mol. The second-order valence-corrected chi connectivity index (χ2v) is 15.3.